The highest BCUT2D eigenvalue weighted by Gasteiger charge is 2.12. The predicted molar refractivity (Wildman–Crippen MR) is 79.3 cm³/mol. The monoisotopic (exact) mass is 294 g/mol. The molecule has 0 radical (unpaired) electrons. The molecule has 100 valence electrons. The van der Waals surface area contributed by atoms with Gasteiger partial charge in [-0.2, -0.15) is 0 Å². The lowest BCUT2D eigenvalue weighted by atomic mass is 10.1. The normalized spacial score (nSPS) is 12.4. The minimum atomic E-state index is 0.143. The van der Waals surface area contributed by atoms with Crippen LogP contribution < -0.4 is 5.73 Å². The van der Waals surface area contributed by atoms with Gasteiger partial charge in [-0.25, -0.2) is 9.97 Å². The van der Waals surface area contributed by atoms with Crippen molar-refractivity contribution in [2.75, 3.05) is 5.73 Å². The molecule has 2 aromatic heterocycles. The number of anilines is 1. The van der Waals surface area contributed by atoms with Crippen molar-refractivity contribution in [3.63, 3.8) is 0 Å². The van der Waals surface area contributed by atoms with Crippen LogP contribution in [0.2, 0.25) is 5.15 Å². The Labute approximate surface area is 121 Å². The zero-order chi connectivity index (χ0) is 13.8. The van der Waals surface area contributed by atoms with Gasteiger partial charge >= 0.3 is 0 Å². The molecule has 19 heavy (non-hydrogen) atoms. The van der Waals surface area contributed by atoms with Crippen LogP contribution in [0.1, 0.15) is 30.4 Å². The van der Waals surface area contributed by atoms with Crippen molar-refractivity contribution in [3.05, 3.63) is 40.8 Å². The van der Waals surface area contributed by atoms with Crippen molar-refractivity contribution in [2.24, 2.45) is 0 Å². The Balaban J connectivity index is 2.17. The molecule has 2 N–H and O–H groups in total. The number of nitrogens with zero attached hydrogens (tertiary/aromatic N) is 3. The molecule has 0 aliphatic carbocycles. The highest BCUT2D eigenvalue weighted by molar-refractivity contribution is 7.99. The zero-order valence-corrected chi connectivity index (χ0v) is 12.4. The summed E-state index contributed by atoms with van der Waals surface area (Å²) in [5, 5.41) is 1.07. The second-order valence-electron chi connectivity index (χ2n) is 4.10. The van der Waals surface area contributed by atoms with E-state index in [9.17, 15) is 0 Å². The lowest BCUT2D eigenvalue weighted by Gasteiger charge is -2.11. The lowest BCUT2D eigenvalue weighted by molar-refractivity contribution is 0.939. The molecule has 0 aliphatic rings. The number of hydrogen-bond donors (Lipinski definition) is 1. The molecular formula is C13H15ClN4S. The second-order valence-corrected chi connectivity index (χ2v) is 5.80. The summed E-state index contributed by atoms with van der Waals surface area (Å²) in [6.45, 7) is 4.19. The first kappa shape index (κ1) is 14.1. The Bertz CT molecular complexity index is 556. The summed E-state index contributed by atoms with van der Waals surface area (Å²) in [5.41, 5.74) is 7.93. The third kappa shape index (κ3) is 3.81. The number of halogens is 1. The summed E-state index contributed by atoms with van der Waals surface area (Å²) in [7, 11) is 0. The molecule has 2 rings (SSSR count). The maximum absolute atomic E-state index is 5.87. The van der Waals surface area contributed by atoms with Crippen molar-refractivity contribution >= 4 is 29.2 Å². The maximum atomic E-state index is 5.87. The predicted octanol–water partition coefficient (Wildman–Crippen LogP) is 3.52. The Kier molecular flexibility index (Phi) is 4.61. The van der Waals surface area contributed by atoms with Gasteiger partial charge in [0.05, 0.1) is 10.9 Å². The van der Waals surface area contributed by atoms with Crippen molar-refractivity contribution in [2.45, 2.75) is 30.7 Å². The van der Waals surface area contributed by atoms with E-state index >= 15 is 0 Å². The topological polar surface area (TPSA) is 64.7 Å². The van der Waals surface area contributed by atoms with Gasteiger partial charge in [-0.1, -0.05) is 30.3 Å². The third-order valence-electron chi connectivity index (χ3n) is 2.65. The van der Waals surface area contributed by atoms with Crippen LogP contribution in [0.3, 0.4) is 0 Å². The average Bonchev–Trinajstić information content (AvgIpc) is 2.37. The van der Waals surface area contributed by atoms with Gasteiger partial charge in [0, 0.05) is 12.3 Å². The van der Waals surface area contributed by atoms with Crippen LogP contribution >= 0.6 is 23.4 Å². The molecule has 0 saturated carbocycles. The fourth-order valence-corrected chi connectivity index (χ4v) is 2.74. The minimum absolute atomic E-state index is 0.143. The number of rotatable bonds is 4. The Hall–Kier alpha value is -1.33. The van der Waals surface area contributed by atoms with Gasteiger partial charge in [-0.3, -0.25) is 4.98 Å². The average molecular weight is 295 g/mol. The van der Waals surface area contributed by atoms with Crippen LogP contribution in [0, 0.1) is 0 Å². The second kappa shape index (κ2) is 6.21. The van der Waals surface area contributed by atoms with E-state index in [0.717, 1.165) is 12.1 Å². The summed E-state index contributed by atoms with van der Waals surface area (Å²) in [6.07, 6.45) is 2.83. The van der Waals surface area contributed by atoms with Crippen molar-refractivity contribution in [3.8, 4) is 0 Å². The van der Waals surface area contributed by atoms with Crippen LogP contribution in [0.5, 0.6) is 0 Å². The number of thioether (sulfide) groups is 1. The van der Waals surface area contributed by atoms with E-state index in [1.54, 1.807) is 0 Å². The SMILES string of the molecule is CCc1ccnc(C(C)Sc2nc(N)cc(Cl)n2)c1. The standard InChI is InChI=1S/C13H15ClN4S/c1-3-9-4-5-16-10(6-9)8(2)19-13-17-11(14)7-12(15)18-13/h4-8H,3H2,1-2H3,(H2,15,17,18). The van der Waals surface area contributed by atoms with E-state index in [0.29, 0.717) is 16.1 Å². The molecule has 1 unspecified atom stereocenters. The van der Waals surface area contributed by atoms with E-state index < -0.39 is 0 Å². The van der Waals surface area contributed by atoms with E-state index in [4.69, 9.17) is 17.3 Å². The summed E-state index contributed by atoms with van der Waals surface area (Å²) in [4.78, 5) is 12.7. The smallest absolute Gasteiger partial charge is 0.191 e. The Morgan fingerprint density at radius 1 is 1.37 bits per heavy atom. The highest BCUT2D eigenvalue weighted by Crippen LogP contribution is 2.32. The quantitative estimate of drug-likeness (QED) is 0.531. The summed E-state index contributed by atoms with van der Waals surface area (Å²) >= 11 is 7.36. The van der Waals surface area contributed by atoms with Crippen molar-refractivity contribution < 1.29 is 0 Å². The molecule has 0 aliphatic heterocycles. The number of aryl methyl sites for hydroxylation is 1. The van der Waals surface area contributed by atoms with Crippen molar-refractivity contribution in [1.29, 1.82) is 0 Å². The minimum Gasteiger partial charge on any atom is -0.384 e. The number of aromatic nitrogens is 3. The van der Waals surface area contributed by atoms with Gasteiger partial charge in [-0.15, -0.1) is 0 Å². The Morgan fingerprint density at radius 2 is 2.16 bits per heavy atom. The molecule has 0 aromatic carbocycles. The fourth-order valence-electron chi connectivity index (χ4n) is 1.62. The van der Waals surface area contributed by atoms with Crippen LogP contribution in [-0.2, 0) is 6.42 Å². The fraction of sp³-hybridized carbons (Fsp3) is 0.308. The summed E-state index contributed by atoms with van der Waals surface area (Å²) in [6, 6.07) is 5.66. The number of nitrogens with two attached hydrogens (primary N) is 1. The molecule has 2 heterocycles. The van der Waals surface area contributed by atoms with Gasteiger partial charge in [0.2, 0.25) is 0 Å². The van der Waals surface area contributed by atoms with Gasteiger partial charge < -0.3 is 5.73 Å². The molecule has 0 amide bonds. The molecule has 0 spiro atoms. The highest BCUT2D eigenvalue weighted by atomic mass is 35.5. The van der Waals surface area contributed by atoms with Gasteiger partial charge in [0.15, 0.2) is 5.16 Å². The molecule has 4 nitrogen and oxygen atoms in total. The molecule has 1 atom stereocenters. The number of pyridine rings is 1. The van der Waals surface area contributed by atoms with Gasteiger partial charge in [-0.05, 0) is 31.0 Å². The largest absolute Gasteiger partial charge is 0.384 e. The van der Waals surface area contributed by atoms with Gasteiger partial charge in [0.1, 0.15) is 11.0 Å². The van der Waals surface area contributed by atoms with Crippen molar-refractivity contribution in [1.82, 2.24) is 15.0 Å². The lowest BCUT2D eigenvalue weighted by Crippen LogP contribution is -1.98. The first-order chi connectivity index (χ1) is 9.08. The van der Waals surface area contributed by atoms with Crippen LogP contribution in [0.25, 0.3) is 0 Å². The summed E-state index contributed by atoms with van der Waals surface area (Å²) < 4.78 is 0. The first-order valence-corrected chi connectivity index (χ1v) is 7.25. The third-order valence-corrected chi connectivity index (χ3v) is 3.83. The van der Waals surface area contributed by atoms with Crippen LogP contribution in [0.15, 0.2) is 29.6 Å². The van der Waals surface area contributed by atoms with E-state index in [-0.39, 0.29) is 5.25 Å². The first-order valence-electron chi connectivity index (χ1n) is 6.00. The molecule has 0 bridgehead atoms. The van der Waals surface area contributed by atoms with E-state index in [1.165, 1.54) is 23.4 Å². The number of hydrogen-bond acceptors (Lipinski definition) is 5. The zero-order valence-electron chi connectivity index (χ0n) is 10.8. The van der Waals surface area contributed by atoms with E-state index in [2.05, 4.69) is 34.9 Å². The van der Waals surface area contributed by atoms with Gasteiger partial charge in [0.25, 0.3) is 0 Å². The summed E-state index contributed by atoms with van der Waals surface area (Å²) in [5.74, 6) is 0.380. The molecular weight excluding hydrogens is 280 g/mol. The Morgan fingerprint density at radius 3 is 2.84 bits per heavy atom. The molecule has 6 heteroatoms. The number of nitrogen functional groups attached to an aromatic ring is 1. The molecule has 0 fully saturated rings. The maximum Gasteiger partial charge on any atom is 0.191 e. The molecule has 2 aromatic rings. The van der Waals surface area contributed by atoms with E-state index in [1.807, 2.05) is 12.3 Å². The molecule has 0 saturated heterocycles. The van der Waals surface area contributed by atoms with Crippen LogP contribution in [-0.4, -0.2) is 15.0 Å². The van der Waals surface area contributed by atoms with Crippen LogP contribution in [0.4, 0.5) is 5.82 Å².